The minimum absolute atomic E-state index is 0.213. The highest BCUT2D eigenvalue weighted by Crippen LogP contribution is 2.30. The van der Waals surface area contributed by atoms with Gasteiger partial charge >= 0.3 is 0 Å². The Bertz CT molecular complexity index is 203. The van der Waals surface area contributed by atoms with Crippen LogP contribution in [-0.2, 0) is 4.79 Å². The van der Waals surface area contributed by atoms with Crippen LogP contribution in [0.5, 0.6) is 0 Å². The molecule has 0 amide bonds. The van der Waals surface area contributed by atoms with Crippen molar-refractivity contribution in [1.29, 1.82) is 0 Å². The molecule has 0 heterocycles. The molecule has 1 saturated carbocycles. The summed E-state index contributed by atoms with van der Waals surface area (Å²) in [7, 11) is 0. The van der Waals surface area contributed by atoms with Crippen LogP contribution < -0.4 is 0 Å². The lowest BCUT2D eigenvalue weighted by Gasteiger charge is -2.27. The van der Waals surface area contributed by atoms with Gasteiger partial charge in [0, 0.05) is 12.3 Å². The third-order valence-electron chi connectivity index (χ3n) is 3.13. The fourth-order valence-electron chi connectivity index (χ4n) is 2.13. The van der Waals surface area contributed by atoms with Gasteiger partial charge in [0.1, 0.15) is 5.78 Å². The quantitative estimate of drug-likeness (QED) is 0.756. The van der Waals surface area contributed by atoms with Crippen LogP contribution in [0, 0.1) is 11.8 Å². The Morgan fingerprint density at radius 3 is 2.71 bits per heavy atom. The van der Waals surface area contributed by atoms with Crippen molar-refractivity contribution in [3.63, 3.8) is 0 Å². The Kier molecular flexibility index (Phi) is 3.71. The third-order valence-corrected chi connectivity index (χ3v) is 3.13. The fraction of sp³-hybridized carbons (Fsp3) is 0.917. The number of hydrogen-bond acceptors (Lipinski definition) is 2. The lowest BCUT2D eigenvalue weighted by atomic mass is 9.78. The highest BCUT2D eigenvalue weighted by Gasteiger charge is 2.27. The number of hydrogen-bond donors (Lipinski definition) is 1. The normalized spacial score (nSPS) is 29.3. The van der Waals surface area contributed by atoms with Crippen LogP contribution in [0.3, 0.4) is 0 Å². The van der Waals surface area contributed by atoms with E-state index in [1.165, 1.54) is 0 Å². The Morgan fingerprint density at radius 2 is 2.14 bits per heavy atom. The summed E-state index contributed by atoms with van der Waals surface area (Å²) in [4.78, 5) is 11.6. The summed E-state index contributed by atoms with van der Waals surface area (Å²) in [5, 5.41) is 9.59. The van der Waals surface area contributed by atoms with E-state index in [-0.39, 0.29) is 5.92 Å². The van der Waals surface area contributed by atoms with Crippen molar-refractivity contribution in [3.8, 4) is 0 Å². The molecule has 1 N–H and O–H groups in total. The van der Waals surface area contributed by atoms with E-state index >= 15 is 0 Å². The molecular formula is C12H22O2. The van der Waals surface area contributed by atoms with Gasteiger partial charge in [0.15, 0.2) is 0 Å². The van der Waals surface area contributed by atoms with Gasteiger partial charge in [-0.25, -0.2) is 0 Å². The van der Waals surface area contributed by atoms with E-state index in [9.17, 15) is 9.90 Å². The van der Waals surface area contributed by atoms with E-state index in [0.29, 0.717) is 11.7 Å². The zero-order valence-corrected chi connectivity index (χ0v) is 9.55. The molecule has 0 aromatic heterocycles. The minimum atomic E-state index is -0.624. The lowest BCUT2D eigenvalue weighted by Crippen LogP contribution is -2.27. The highest BCUT2D eigenvalue weighted by molar-refractivity contribution is 5.81. The second kappa shape index (κ2) is 4.43. The van der Waals surface area contributed by atoms with Gasteiger partial charge in [-0.15, -0.1) is 0 Å². The molecule has 1 fully saturated rings. The molecule has 0 bridgehead atoms. The molecule has 14 heavy (non-hydrogen) atoms. The van der Waals surface area contributed by atoms with Gasteiger partial charge in [0.05, 0.1) is 5.60 Å². The number of carbonyl (C=O) groups is 1. The summed E-state index contributed by atoms with van der Waals surface area (Å²) in [5.74, 6) is 1.30. The maximum Gasteiger partial charge on any atom is 0.135 e. The van der Waals surface area contributed by atoms with Crippen LogP contribution in [-0.4, -0.2) is 16.5 Å². The molecule has 2 nitrogen and oxygen atoms in total. The first-order chi connectivity index (χ1) is 6.38. The predicted molar refractivity (Wildman–Crippen MR) is 57.0 cm³/mol. The molecule has 0 saturated heterocycles. The number of aliphatic hydroxyl groups is 1. The molecule has 0 aromatic rings. The van der Waals surface area contributed by atoms with Crippen LogP contribution in [0.25, 0.3) is 0 Å². The van der Waals surface area contributed by atoms with Crippen molar-refractivity contribution in [1.82, 2.24) is 0 Å². The molecule has 2 unspecified atom stereocenters. The van der Waals surface area contributed by atoms with Gasteiger partial charge < -0.3 is 5.11 Å². The average molecular weight is 198 g/mol. The maximum absolute atomic E-state index is 11.6. The van der Waals surface area contributed by atoms with E-state index in [1.54, 1.807) is 0 Å². The average Bonchev–Trinajstić information content (AvgIpc) is 2.05. The SMILES string of the molecule is CC1CCC(=O)C(CCC(C)(C)O)C1. The van der Waals surface area contributed by atoms with E-state index < -0.39 is 5.60 Å². The summed E-state index contributed by atoms with van der Waals surface area (Å²) in [6.07, 6.45) is 4.41. The summed E-state index contributed by atoms with van der Waals surface area (Å²) in [6.45, 7) is 5.83. The number of Topliss-reactive ketones (excluding diaryl/α,β-unsaturated/α-hetero) is 1. The number of carbonyl (C=O) groups excluding carboxylic acids is 1. The molecule has 1 rings (SSSR count). The predicted octanol–water partition coefficient (Wildman–Crippen LogP) is 2.54. The first kappa shape index (κ1) is 11.7. The van der Waals surface area contributed by atoms with Crippen molar-refractivity contribution >= 4 is 5.78 Å². The summed E-state index contributed by atoms with van der Waals surface area (Å²) in [6, 6.07) is 0. The van der Waals surface area contributed by atoms with Crippen molar-refractivity contribution < 1.29 is 9.90 Å². The standard InChI is InChI=1S/C12H22O2/c1-9-4-5-11(13)10(8-9)6-7-12(2,3)14/h9-10,14H,4-8H2,1-3H3. The Labute approximate surface area is 86.7 Å². The van der Waals surface area contributed by atoms with Crippen LogP contribution in [0.2, 0.25) is 0 Å². The van der Waals surface area contributed by atoms with E-state index in [2.05, 4.69) is 6.92 Å². The van der Waals surface area contributed by atoms with Crippen LogP contribution in [0.4, 0.5) is 0 Å². The lowest BCUT2D eigenvalue weighted by molar-refractivity contribution is -0.126. The molecule has 0 aromatic carbocycles. The summed E-state index contributed by atoms with van der Waals surface area (Å²) >= 11 is 0. The van der Waals surface area contributed by atoms with Gasteiger partial charge in [0.2, 0.25) is 0 Å². The Balaban J connectivity index is 2.39. The second-order valence-electron chi connectivity index (χ2n) is 5.39. The topological polar surface area (TPSA) is 37.3 Å². The fourth-order valence-corrected chi connectivity index (χ4v) is 2.13. The van der Waals surface area contributed by atoms with Gasteiger partial charge in [-0.2, -0.15) is 0 Å². The molecule has 0 aliphatic heterocycles. The monoisotopic (exact) mass is 198 g/mol. The second-order valence-corrected chi connectivity index (χ2v) is 5.39. The first-order valence-corrected chi connectivity index (χ1v) is 5.63. The Hall–Kier alpha value is -0.370. The zero-order chi connectivity index (χ0) is 10.8. The van der Waals surface area contributed by atoms with Crippen molar-refractivity contribution in [2.24, 2.45) is 11.8 Å². The number of ketones is 1. The summed E-state index contributed by atoms with van der Waals surface area (Å²) < 4.78 is 0. The third kappa shape index (κ3) is 3.79. The molecular weight excluding hydrogens is 176 g/mol. The molecule has 1 aliphatic rings. The summed E-state index contributed by atoms with van der Waals surface area (Å²) in [5.41, 5.74) is -0.624. The zero-order valence-electron chi connectivity index (χ0n) is 9.55. The van der Waals surface area contributed by atoms with Crippen LogP contribution in [0.1, 0.15) is 52.9 Å². The minimum Gasteiger partial charge on any atom is -0.390 e. The van der Waals surface area contributed by atoms with E-state index in [4.69, 9.17) is 0 Å². The molecule has 2 heteroatoms. The molecule has 82 valence electrons. The first-order valence-electron chi connectivity index (χ1n) is 5.63. The van der Waals surface area contributed by atoms with E-state index in [1.807, 2.05) is 13.8 Å². The Morgan fingerprint density at radius 1 is 1.50 bits per heavy atom. The van der Waals surface area contributed by atoms with Crippen molar-refractivity contribution in [3.05, 3.63) is 0 Å². The molecule has 2 atom stereocenters. The van der Waals surface area contributed by atoms with Crippen LogP contribution in [0.15, 0.2) is 0 Å². The highest BCUT2D eigenvalue weighted by atomic mass is 16.3. The van der Waals surface area contributed by atoms with Gasteiger partial charge in [-0.1, -0.05) is 6.92 Å². The molecule has 0 radical (unpaired) electrons. The van der Waals surface area contributed by atoms with Gasteiger partial charge in [-0.3, -0.25) is 4.79 Å². The van der Waals surface area contributed by atoms with Crippen molar-refractivity contribution in [2.75, 3.05) is 0 Å². The largest absolute Gasteiger partial charge is 0.390 e. The number of rotatable bonds is 3. The molecule has 0 spiro atoms. The van der Waals surface area contributed by atoms with Crippen LogP contribution >= 0.6 is 0 Å². The smallest absolute Gasteiger partial charge is 0.135 e. The maximum atomic E-state index is 11.6. The molecule has 1 aliphatic carbocycles. The van der Waals surface area contributed by atoms with Gasteiger partial charge in [-0.05, 0) is 45.4 Å². The van der Waals surface area contributed by atoms with Crippen molar-refractivity contribution in [2.45, 2.75) is 58.5 Å². The van der Waals surface area contributed by atoms with Gasteiger partial charge in [0.25, 0.3) is 0 Å². The van der Waals surface area contributed by atoms with E-state index in [0.717, 1.165) is 32.1 Å².